The molecule has 0 saturated heterocycles. The molecule has 0 unspecified atom stereocenters. The first-order valence-electron chi connectivity index (χ1n) is 4.02. The molecule has 82 valence electrons. The first-order chi connectivity index (χ1) is 6.87. The van der Waals surface area contributed by atoms with Crippen LogP contribution in [-0.4, -0.2) is 0 Å². The van der Waals surface area contributed by atoms with Gasteiger partial charge in [0.1, 0.15) is 0 Å². The summed E-state index contributed by atoms with van der Waals surface area (Å²) in [7, 11) is 0. The first kappa shape index (κ1) is 10.9. The fourth-order valence-corrected chi connectivity index (χ4v) is 1.79. The van der Waals surface area contributed by atoms with Crippen LogP contribution >= 0.6 is 15.9 Å². The minimum absolute atomic E-state index is 0.321. The van der Waals surface area contributed by atoms with Crippen molar-refractivity contribution >= 4 is 15.9 Å². The van der Waals surface area contributed by atoms with E-state index in [1.54, 1.807) is 0 Å². The van der Waals surface area contributed by atoms with Gasteiger partial charge in [0.2, 0.25) is 0 Å². The highest BCUT2D eigenvalue weighted by atomic mass is 79.9. The number of rotatable bonds is 1. The quantitative estimate of drug-likeness (QED) is 0.564. The van der Waals surface area contributed by atoms with Crippen LogP contribution in [-0.2, 0) is 22.3 Å². The summed E-state index contributed by atoms with van der Waals surface area (Å²) >= 11 is 3.06. The van der Waals surface area contributed by atoms with Gasteiger partial charge in [-0.2, -0.15) is 17.6 Å². The SMILES string of the molecule is FC1(F)OC(F)(F)c2cc(CBr)ccc21. The smallest absolute Gasteiger partial charge is 0.247 e. The van der Waals surface area contributed by atoms with E-state index in [4.69, 9.17) is 0 Å². The van der Waals surface area contributed by atoms with E-state index in [9.17, 15) is 17.6 Å². The zero-order valence-corrected chi connectivity index (χ0v) is 8.82. The Morgan fingerprint density at radius 1 is 1.07 bits per heavy atom. The third kappa shape index (κ3) is 1.65. The van der Waals surface area contributed by atoms with E-state index in [1.807, 2.05) is 0 Å². The Balaban J connectivity index is 2.60. The summed E-state index contributed by atoms with van der Waals surface area (Å²) in [5, 5.41) is 0.321. The van der Waals surface area contributed by atoms with Gasteiger partial charge in [0.05, 0.1) is 11.1 Å². The Bertz CT molecular complexity index is 405. The molecule has 1 aliphatic heterocycles. The Morgan fingerprint density at radius 2 is 1.67 bits per heavy atom. The zero-order chi connectivity index (χ0) is 11.3. The van der Waals surface area contributed by atoms with Gasteiger partial charge >= 0.3 is 12.2 Å². The highest BCUT2D eigenvalue weighted by molar-refractivity contribution is 9.08. The van der Waals surface area contributed by atoms with Crippen molar-refractivity contribution in [2.45, 2.75) is 17.5 Å². The van der Waals surface area contributed by atoms with Gasteiger partial charge in [0.15, 0.2) is 0 Å². The number of ether oxygens (including phenoxy) is 1. The zero-order valence-electron chi connectivity index (χ0n) is 7.24. The number of benzene rings is 1. The van der Waals surface area contributed by atoms with Crippen molar-refractivity contribution in [1.82, 2.24) is 0 Å². The first-order valence-corrected chi connectivity index (χ1v) is 5.14. The topological polar surface area (TPSA) is 9.23 Å². The Hall–Kier alpha value is -0.620. The maximum atomic E-state index is 13.0. The lowest BCUT2D eigenvalue weighted by molar-refractivity contribution is -0.369. The van der Waals surface area contributed by atoms with Crippen LogP contribution in [0.15, 0.2) is 18.2 Å². The summed E-state index contributed by atoms with van der Waals surface area (Å²) in [6.45, 7) is 0. The third-order valence-electron chi connectivity index (χ3n) is 2.12. The fraction of sp³-hybridized carbons (Fsp3) is 0.333. The average molecular weight is 285 g/mol. The normalized spacial score (nSPS) is 21.4. The van der Waals surface area contributed by atoms with E-state index in [0.717, 1.165) is 12.1 Å². The summed E-state index contributed by atoms with van der Waals surface area (Å²) in [5.74, 6) is 0. The van der Waals surface area contributed by atoms with Crippen LogP contribution in [0.2, 0.25) is 0 Å². The van der Waals surface area contributed by atoms with E-state index < -0.39 is 23.3 Å². The second-order valence-electron chi connectivity index (χ2n) is 3.15. The van der Waals surface area contributed by atoms with Crippen LogP contribution in [0.4, 0.5) is 17.6 Å². The molecule has 6 heteroatoms. The predicted octanol–water partition coefficient (Wildman–Crippen LogP) is 3.71. The number of halogens is 5. The fourth-order valence-electron chi connectivity index (χ4n) is 1.44. The Labute approximate surface area is 91.2 Å². The van der Waals surface area contributed by atoms with Crippen LogP contribution in [0.3, 0.4) is 0 Å². The molecule has 0 saturated carbocycles. The number of fused-ring (bicyclic) bond motifs is 1. The van der Waals surface area contributed by atoms with E-state index in [1.165, 1.54) is 6.07 Å². The molecule has 0 bridgehead atoms. The second kappa shape index (κ2) is 3.18. The second-order valence-corrected chi connectivity index (χ2v) is 3.71. The summed E-state index contributed by atoms with van der Waals surface area (Å²) in [6.07, 6.45) is -7.83. The van der Waals surface area contributed by atoms with Gasteiger partial charge in [0, 0.05) is 5.33 Å². The number of hydrogen-bond acceptors (Lipinski definition) is 1. The largest absolute Gasteiger partial charge is 0.388 e. The van der Waals surface area contributed by atoms with Crippen molar-refractivity contribution in [3.63, 3.8) is 0 Å². The number of alkyl halides is 5. The maximum Gasteiger partial charge on any atom is 0.388 e. The number of hydrogen-bond donors (Lipinski definition) is 0. The van der Waals surface area contributed by atoms with Crippen molar-refractivity contribution in [2.75, 3.05) is 0 Å². The van der Waals surface area contributed by atoms with Gasteiger partial charge in [-0.25, -0.2) is 4.74 Å². The van der Waals surface area contributed by atoms with Gasteiger partial charge in [0.25, 0.3) is 0 Å². The van der Waals surface area contributed by atoms with Crippen LogP contribution < -0.4 is 0 Å². The molecule has 0 N–H and O–H groups in total. The molecule has 0 atom stereocenters. The Kier molecular flexibility index (Phi) is 2.31. The van der Waals surface area contributed by atoms with Gasteiger partial charge in [-0.3, -0.25) is 0 Å². The highest BCUT2D eigenvalue weighted by Gasteiger charge is 2.57. The van der Waals surface area contributed by atoms with Crippen molar-refractivity contribution in [1.29, 1.82) is 0 Å². The lowest BCUT2D eigenvalue weighted by Gasteiger charge is -2.10. The molecule has 1 aromatic carbocycles. The molecule has 1 nitrogen and oxygen atoms in total. The van der Waals surface area contributed by atoms with E-state index in [-0.39, 0.29) is 0 Å². The molecule has 0 aromatic heterocycles. The molecule has 0 amide bonds. The van der Waals surface area contributed by atoms with Crippen LogP contribution in [0.25, 0.3) is 0 Å². The molecule has 1 heterocycles. The summed E-state index contributed by atoms with van der Waals surface area (Å²) in [5.41, 5.74) is -1.03. The van der Waals surface area contributed by atoms with Crippen molar-refractivity contribution in [3.8, 4) is 0 Å². The molecule has 0 radical (unpaired) electrons. The standard InChI is InChI=1S/C9H5BrF4O/c10-4-5-1-2-6-7(3-5)9(13,14)15-8(6,11)12/h1-3H,4H2. The summed E-state index contributed by atoms with van der Waals surface area (Å²) < 4.78 is 55.4. The molecule has 1 aliphatic rings. The van der Waals surface area contributed by atoms with Crippen molar-refractivity contribution < 1.29 is 22.3 Å². The minimum Gasteiger partial charge on any atom is -0.247 e. The lowest BCUT2D eigenvalue weighted by Crippen LogP contribution is -2.17. The van der Waals surface area contributed by atoms with E-state index in [0.29, 0.717) is 10.9 Å². The molecule has 0 aliphatic carbocycles. The summed E-state index contributed by atoms with van der Waals surface area (Å²) in [4.78, 5) is 0. The van der Waals surface area contributed by atoms with Crippen LogP contribution in [0, 0.1) is 0 Å². The molecule has 2 rings (SSSR count). The Morgan fingerprint density at radius 3 is 2.27 bits per heavy atom. The molecule has 15 heavy (non-hydrogen) atoms. The van der Waals surface area contributed by atoms with E-state index in [2.05, 4.69) is 20.7 Å². The monoisotopic (exact) mass is 284 g/mol. The average Bonchev–Trinajstić information content (AvgIpc) is 2.32. The summed E-state index contributed by atoms with van der Waals surface area (Å²) in [6, 6.07) is 3.34. The molecule has 0 spiro atoms. The molecule has 1 aromatic rings. The maximum absolute atomic E-state index is 13.0. The van der Waals surface area contributed by atoms with Crippen molar-refractivity contribution in [2.24, 2.45) is 0 Å². The highest BCUT2D eigenvalue weighted by Crippen LogP contribution is 2.50. The predicted molar refractivity (Wildman–Crippen MR) is 47.9 cm³/mol. The van der Waals surface area contributed by atoms with Crippen molar-refractivity contribution in [3.05, 3.63) is 34.9 Å². The molecule has 0 fully saturated rings. The van der Waals surface area contributed by atoms with Gasteiger partial charge in [-0.1, -0.05) is 22.0 Å². The van der Waals surface area contributed by atoms with E-state index >= 15 is 0 Å². The molecular formula is C9H5BrF4O. The van der Waals surface area contributed by atoms with Gasteiger partial charge in [-0.15, -0.1) is 0 Å². The van der Waals surface area contributed by atoms with Crippen LogP contribution in [0.5, 0.6) is 0 Å². The molecular weight excluding hydrogens is 280 g/mol. The minimum atomic E-state index is -3.92. The lowest BCUT2D eigenvalue weighted by atomic mass is 10.1. The van der Waals surface area contributed by atoms with Gasteiger partial charge in [-0.05, 0) is 17.7 Å². The van der Waals surface area contributed by atoms with Crippen LogP contribution in [0.1, 0.15) is 16.7 Å². The third-order valence-corrected chi connectivity index (χ3v) is 2.77. The van der Waals surface area contributed by atoms with Gasteiger partial charge < -0.3 is 0 Å².